The minimum atomic E-state index is 0.888. The van der Waals surface area contributed by atoms with Crippen LogP contribution in [-0.4, -0.2) is 10.2 Å². The van der Waals surface area contributed by atoms with E-state index in [4.69, 9.17) is 0 Å². The minimum absolute atomic E-state index is 0.888. The summed E-state index contributed by atoms with van der Waals surface area (Å²) in [6.45, 7) is 0. The van der Waals surface area contributed by atoms with Crippen molar-refractivity contribution in [3.8, 4) is 0 Å². The van der Waals surface area contributed by atoms with Crippen molar-refractivity contribution in [3.63, 3.8) is 0 Å². The molecule has 0 fully saturated rings. The van der Waals surface area contributed by atoms with Crippen molar-refractivity contribution in [2.24, 2.45) is 0 Å². The standard InChI is InChI=1S/C12H8N2S2/c1-5-11-6-2-9(1)13-14-10-3-7-12(8-4-10)16-15-11/h1-8H. The first-order chi connectivity index (χ1) is 7.90. The number of rotatable bonds is 0. The van der Waals surface area contributed by atoms with Crippen LogP contribution >= 0.6 is 20.7 Å². The highest BCUT2D eigenvalue weighted by molar-refractivity contribution is 7.73. The van der Waals surface area contributed by atoms with Gasteiger partial charge in [0.1, 0.15) is 0 Å². The van der Waals surface area contributed by atoms with Gasteiger partial charge in [-0.25, -0.2) is 0 Å². The zero-order valence-electron chi connectivity index (χ0n) is 8.33. The van der Waals surface area contributed by atoms with Crippen molar-refractivity contribution in [1.29, 1.82) is 0 Å². The van der Waals surface area contributed by atoms with Gasteiger partial charge in [-0.1, -0.05) is 20.7 Å². The summed E-state index contributed by atoms with van der Waals surface area (Å²) in [4.78, 5) is 0. The maximum atomic E-state index is 4.18. The number of hydrogen-bond donors (Lipinski definition) is 0. The van der Waals surface area contributed by atoms with E-state index in [0.717, 1.165) is 11.0 Å². The van der Waals surface area contributed by atoms with E-state index >= 15 is 0 Å². The molecule has 2 nitrogen and oxygen atoms in total. The first-order valence-corrected chi connectivity index (χ1v) is 7.01. The molecule has 0 amide bonds. The topological polar surface area (TPSA) is 25.8 Å². The molecule has 2 aromatic carbocycles. The largest absolute Gasteiger partial charge is 0.151 e. The van der Waals surface area contributed by atoms with Crippen molar-refractivity contribution in [2.75, 3.05) is 0 Å². The summed E-state index contributed by atoms with van der Waals surface area (Å²) >= 11 is 0. The summed E-state index contributed by atoms with van der Waals surface area (Å²) in [7, 11) is 3.51. The van der Waals surface area contributed by atoms with Crippen molar-refractivity contribution in [1.82, 2.24) is 10.2 Å². The van der Waals surface area contributed by atoms with Gasteiger partial charge in [0.15, 0.2) is 0 Å². The van der Waals surface area contributed by atoms with Crippen LogP contribution in [0.15, 0.2) is 48.5 Å². The van der Waals surface area contributed by atoms with E-state index in [0.29, 0.717) is 0 Å². The molecular weight excluding hydrogens is 236 g/mol. The smallest absolute Gasteiger partial charge is 0.0858 e. The predicted molar refractivity (Wildman–Crippen MR) is 70.4 cm³/mol. The van der Waals surface area contributed by atoms with Gasteiger partial charge >= 0.3 is 0 Å². The van der Waals surface area contributed by atoms with Crippen LogP contribution in [0, 0.1) is 0 Å². The normalized spacial score (nSPS) is 10.5. The molecule has 4 heterocycles. The Morgan fingerprint density at radius 2 is 0.938 bits per heavy atom. The molecule has 0 spiro atoms. The van der Waals surface area contributed by atoms with Crippen molar-refractivity contribution < 1.29 is 0 Å². The predicted octanol–water partition coefficient (Wildman–Crippen LogP) is 4.03. The number of hydrogen-bond acceptors (Lipinski definition) is 4. The first-order valence-electron chi connectivity index (χ1n) is 4.86. The fraction of sp³-hybridized carbons (Fsp3) is 0. The summed E-state index contributed by atoms with van der Waals surface area (Å²) in [5.41, 5.74) is 1.78. The Bertz CT molecular complexity index is 523. The molecule has 0 aliphatic rings. The molecule has 0 saturated carbocycles. The van der Waals surface area contributed by atoms with Crippen molar-refractivity contribution >= 4 is 41.1 Å². The second-order valence-electron chi connectivity index (χ2n) is 3.35. The first kappa shape index (κ1) is 9.69. The van der Waals surface area contributed by atoms with Crippen LogP contribution in [-0.2, 0) is 0 Å². The van der Waals surface area contributed by atoms with Gasteiger partial charge in [0.25, 0.3) is 0 Å². The molecule has 0 unspecified atom stereocenters. The lowest BCUT2D eigenvalue weighted by Gasteiger charge is -1.90. The summed E-state index contributed by atoms with van der Waals surface area (Å²) in [6.07, 6.45) is 0. The minimum Gasteiger partial charge on any atom is -0.151 e. The zero-order valence-corrected chi connectivity index (χ0v) is 9.96. The second kappa shape index (κ2) is 4.15. The lowest BCUT2D eigenvalue weighted by Crippen LogP contribution is -1.77. The van der Waals surface area contributed by atoms with Crippen LogP contribution in [0.3, 0.4) is 0 Å². The van der Waals surface area contributed by atoms with Crippen molar-refractivity contribution in [2.45, 2.75) is 0 Å². The quantitative estimate of drug-likeness (QED) is 0.558. The van der Waals surface area contributed by atoms with Gasteiger partial charge in [-0.2, -0.15) is 10.2 Å². The Hall–Kier alpha value is -1.52. The molecule has 4 aromatic heterocycles. The Balaban J connectivity index is 2.44. The maximum Gasteiger partial charge on any atom is 0.0858 e. The number of benzene rings is 2. The lowest BCUT2D eigenvalue weighted by molar-refractivity contribution is 1.12. The highest BCUT2D eigenvalue weighted by Gasteiger charge is 1.88. The van der Waals surface area contributed by atoms with E-state index in [2.05, 4.69) is 34.5 Å². The van der Waals surface area contributed by atoms with Gasteiger partial charge in [0, 0.05) is 9.40 Å². The molecule has 6 rings (SSSR count). The van der Waals surface area contributed by atoms with Crippen LogP contribution in [0.25, 0.3) is 20.4 Å². The Morgan fingerprint density at radius 1 is 0.562 bits per heavy atom. The average molecular weight is 244 g/mol. The Morgan fingerprint density at radius 3 is 1.31 bits per heavy atom. The molecule has 6 aromatic rings. The molecule has 0 aliphatic carbocycles. The van der Waals surface area contributed by atoms with E-state index in [1.54, 1.807) is 20.7 Å². The monoisotopic (exact) mass is 244 g/mol. The molecule has 0 atom stereocenters. The molecule has 0 radical (unpaired) electrons. The highest BCUT2D eigenvalue weighted by Crippen LogP contribution is 2.18. The molecule has 0 aliphatic heterocycles. The zero-order chi connectivity index (χ0) is 10.8. The van der Waals surface area contributed by atoms with Gasteiger partial charge in [0.05, 0.1) is 11.0 Å². The fourth-order valence-corrected chi connectivity index (χ4v) is 3.28. The number of nitrogens with zero attached hydrogens (tertiary/aromatic N) is 2. The molecule has 78 valence electrons. The van der Waals surface area contributed by atoms with E-state index in [1.807, 2.05) is 24.3 Å². The average Bonchev–Trinajstić information content (AvgIpc) is 2.33. The van der Waals surface area contributed by atoms with Gasteiger partial charge in [-0.3, -0.25) is 0 Å². The SMILES string of the molecule is c1cc2ccc1nnc1ccc(cc1)ss2. The molecule has 4 bridgehead atoms. The van der Waals surface area contributed by atoms with Gasteiger partial charge < -0.3 is 0 Å². The van der Waals surface area contributed by atoms with Crippen molar-refractivity contribution in [3.05, 3.63) is 48.5 Å². The third-order valence-corrected chi connectivity index (χ3v) is 4.61. The summed E-state index contributed by atoms with van der Waals surface area (Å²) in [6, 6.07) is 16.2. The van der Waals surface area contributed by atoms with Crippen LogP contribution in [0.4, 0.5) is 0 Å². The maximum absolute atomic E-state index is 4.18. The third kappa shape index (κ3) is 2.03. The molecule has 0 saturated heterocycles. The van der Waals surface area contributed by atoms with Crippen LogP contribution in [0.5, 0.6) is 0 Å². The fourth-order valence-electron chi connectivity index (χ4n) is 1.35. The third-order valence-electron chi connectivity index (χ3n) is 2.19. The highest BCUT2D eigenvalue weighted by atomic mass is 32.9. The summed E-state index contributed by atoms with van der Waals surface area (Å²) in [5, 5.41) is 8.36. The van der Waals surface area contributed by atoms with Crippen LogP contribution in [0.1, 0.15) is 0 Å². The van der Waals surface area contributed by atoms with Gasteiger partial charge in [-0.05, 0) is 48.5 Å². The molecule has 0 N–H and O–H groups in total. The Labute approximate surface area is 99.9 Å². The summed E-state index contributed by atoms with van der Waals surface area (Å²) in [5.74, 6) is 0. The Kier molecular flexibility index (Phi) is 2.52. The van der Waals surface area contributed by atoms with E-state index < -0.39 is 0 Å². The summed E-state index contributed by atoms with van der Waals surface area (Å²) < 4.78 is 2.46. The van der Waals surface area contributed by atoms with Gasteiger partial charge in [0.2, 0.25) is 0 Å². The second-order valence-corrected chi connectivity index (χ2v) is 5.63. The van der Waals surface area contributed by atoms with Crippen LogP contribution in [0.2, 0.25) is 0 Å². The molecule has 16 heavy (non-hydrogen) atoms. The van der Waals surface area contributed by atoms with E-state index in [9.17, 15) is 0 Å². The molecule has 4 heteroatoms. The number of aromatic nitrogens is 2. The van der Waals surface area contributed by atoms with Crippen LogP contribution < -0.4 is 0 Å². The van der Waals surface area contributed by atoms with Gasteiger partial charge in [-0.15, -0.1) is 0 Å². The van der Waals surface area contributed by atoms with E-state index in [1.165, 1.54) is 9.40 Å². The van der Waals surface area contributed by atoms with E-state index in [-0.39, 0.29) is 0 Å². The molecular formula is C12H8N2S2. The lowest BCUT2D eigenvalue weighted by atomic mass is 10.3.